The van der Waals surface area contributed by atoms with E-state index in [9.17, 15) is 9.59 Å². The number of pyridine rings is 1. The van der Waals surface area contributed by atoms with Crippen LogP contribution in [-0.4, -0.2) is 40.3 Å². The molecule has 21 heavy (non-hydrogen) atoms. The van der Waals surface area contributed by atoms with Crippen LogP contribution < -0.4 is 5.32 Å². The first-order valence-corrected chi connectivity index (χ1v) is 7.54. The molecule has 1 aromatic rings. The molecule has 1 aromatic heterocycles. The SMILES string of the molecule is CCC(C)C1NC(=O)C(C)N(CCc2cccnc2)C1=O. The average molecular weight is 289 g/mol. The van der Waals surface area contributed by atoms with Crippen LogP contribution in [0, 0.1) is 5.92 Å². The molecule has 5 nitrogen and oxygen atoms in total. The Morgan fingerprint density at radius 3 is 2.81 bits per heavy atom. The molecule has 114 valence electrons. The Morgan fingerprint density at radius 2 is 2.19 bits per heavy atom. The molecule has 1 N–H and O–H groups in total. The molecule has 3 unspecified atom stereocenters. The quantitative estimate of drug-likeness (QED) is 0.891. The van der Waals surface area contributed by atoms with Crippen LogP contribution in [0.3, 0.4) is 0 Å². The Balaban J connectivity index is 2.08. The van der Waals surface area contributed by atoms with Gasteiger partial charge in [-0.3, -0.25) is 14.6 Å². The minimum Gasteiger partial charge on any atom is -0.342 e. The van der Waals surface area contributed by atoms with Gasteiger partial charge in [-0.25, -0.2) is 0 Å². The standard InChI is InChI=1S/C16H23N3O2/c1-4-11(2)14-16(21)19(12(3)15(20)18-14)9-7-13-6-5-8-17-10-13/h5-6,8,10-12,14H,4,7,9H2,1-3H3,(H,18,20). The summed E-state index contributed by atoms with van der Waals surface area (Å²) in [5.41, 5.74) is 1.07. The van der Waals surface area contributed by atoms with Gasteiger partial charge in [-0.2, -0.15) is 0 Å². The van der Waals surface area contributed by atoms with Gasteiger partial charge in [0.15, 0.2) is 0 Å². The van der Waals surface area contributed by atoms with Crippen LogP contribution in [-0.2, 0) is 16.0 Å². The minimum absolute atomic E-state index is 0.0281. The molecule has 3 atom stereocenters. The van der Waals surface area contributed by atoms with Gasteiger partial charge in [-0.05, 0) is 30.9 Å². The van der Waals surface area contributed by atoms with E-state index < -0.39 is 12.1 Å². The van der Waals surface area contributed by atoms with Crippen LogP contribution in [0.1, 0.15) is 32.8 Å². The second-order valence-electron chi connectivity index (χ2n) is 5.69. The van der Waals surface area contributed by atoms with Crippen molar-refractivity contribution in [1.82, 2.24) is 15.2 Å². The topological polar surface area (TPSA) is 62.3 Å². The lowest BCUT2D eigenvalue weighted by Gasteiger charge is -2.39. The Bertz CT molecular complexity index is 504. The van der Waals surface area contributed by atoms with E-state index in [-0.39, 0.29) is 17.7 Å². The van der Waals surface area contributed by atoms with Crippen LogP contribution in [0.15, 0.2) is 24.5 Å². The molecule has 0 radical (unpaired) electrons. The molecule has 0 aromatic carbocycles. The van der Waals surface area contributed by atoms with Crippen LogP contribution in [0.2, 0.25) is 0 Å². The van der Waals surface area contributed by atoms with E-state index in [4.69, 9.17) is 0 Å². The van der Waals surface area contributed by atoms with Crippen molar-refractivity contribution in [2.24, 2.45) is 5.92 Å². The van der Waals surface area contributed by atoms with Crippen molar-refractivity contribution >= 4 is 11.8 Å². The predicted molar refractivity (Wildman–Crippen MR) is 80.5 cm³/mol. The monoisotopic (exact) mass is 289 g/mol. The summed E-state index contributed by atoms with van der Waals surface area (Å²) in [7, 11) is 0. The third-order valence-electron chi connectivity index (χ3n) is 4.27. The van der Waals surface area contributed by atoms with E-state index in [0.29, 0.717) is 13.0 Å². The van der Waals surface area contributed by atoms with Gasteiger partial charge in [0.1, 0.15) is 12.1 Å². The van der Waals surface area contributed by atoms with Crippen molar-refractivity contribution in [1.29, 1.82) is 0 Å². The summed E-state index contributed by atoms with van der Waals surface area (Å²) in [6.07, 6.45) is 5.10. The summed E-state index contributed by atoms with van der Waals surface area (Å²) in [6, 6.07) is 3.06. The van der Waals surface area contributed by atoms with Crippen LogP contribution >= 0.6 is 0 Å². The van der Waals surface area contributed by atoms with Crippen molar-refractivity contribution in [2.75, 3.05) is 6.54 Å². The summed E-state index contributed by atoms with van der Waals surface area (Å²) in [5, 5.41) is 2.85. The van der Waals surface area contributed by atoms with E-state index in [0.717, 1.165) is 12.0 Å². The number of amides is 2. The smallest absolute Gasteiger partial charge is 0.246 e. The number of rotatable bonds is 5. The normalized spacial score (nSPS) is 23.9. The van der Waals surface area contributed by atoms with E-state index in [2.05, 4.69) is 10.3 Å². The summed E-state index contributed by atoms with van der Waals surface area (Å²) >= 11 is 0. The van der Waals surface area contributed by atoms with Gasteiger partial charge in [0, 0.05) is 18.9 Å². The van der Waals surface area contributed by atoms with Gasteiger partial charge in [-0.15, -0.1) is 0 Å². The van der Waals surface area contributed by atoms with Gasteiger partial charge < -0.3 is 10.2 Å². The largest absolute Gasteiger partial charge is 0.342 e. The second kappa shape index (κ2) is 6.70. The number of nitrogens with zero attached hydrogens (tertiary/aromatic N) is 2. The lowest BCUT2D eigenvalue weighted by Crippen LogP contribution is -2.64. The highest BCUT2D eigenvalue weighted by Gasteiger charge is 2.39. The maximum atomic E-state index is 12.6. The van der Waals surface area contributed by atoms with Crippen LogP contribution in [0.25, 0.3) is 0 Å². The molecule has 2 rings (SSSR count). The first-order valence-electron chi connectivity index (χ1n) is 7.54. The number of nitrogens with one attached hydrogen (secondary N) is 1. The third-order valence-corrected chi connectivity index (χ3v) is 4.27. The predicted octanol–water partition coefficient (Wildman–Crippen LogP) is 1.39. The fraction of sp³-hybridized carbons (Fsp3) is 0.562. The number of carbonyl (C=O) groups excluding carboxylic acids is 2. The highest BCUT2D eigenvalue weighted by Crippen LogP contribution is 2.18. The molecule has 1 saturated heterocycles. The Kier molecular flexibility index (Phi) is 4.94. The number of piperazine rings is 1. The van der Waals surface area contributed by atoms with Gasteiger partial charge in [0.2, 0.25) is 11.8 Å². The second-order valence-corrected chi connectivity index (χ2v) is 5.69. The van der Waals surface area contributed by atoms with E-state index in [1.807, 2.05) is 26.0 Å². The lowest BCUT2D eigenvalue weighted by molar-refractivity contribution is -0.150. The minimum atomic E-state index is -0.408. The molecule has 0 bridgehead atoms. The molecular formula is C16H23N3O2. The Hall–Kier alpha value is -1.91. The molecule has 1 aliphatic rings. The maximum absolute atomic E-state index is 12.6. The number of carbonyl (C=O) groups is 2. The number of aromatic nitrogens is 1. The van der Waals surface area contributed by atoms with Crippen molar-refractivity contribution in [3.63, 3.8) is 0 Å². The van der Waals surface area contributed by atoms with Gasteiger partial charge >= 0.3 is 0 Å². The molecule has 0 saturated carbocycles. The van der Waals surface area contributed by atoms with Crippen molar-refractivity contribution < 1.29 is 9.59 Å². The number of hydrogen-bond acceptors (Lipinski definition) is 3. The zero-order valence-electron chi connectivity index (χ0n) is 12.9. The average Bonchev–Trinajstić information content (AvgIpc) is 2.51. The molecule has 2 heterocycles. The van der Waals surface area contributed by atoms with Crippen molar-refractivity contribution in [3.05, 3.63) is 30.1 Å². The summed E-state index contributed by atoms with van der Waals surface area (Å²) in [6.45, 7) is 6.36. The van der Waals surface area contributed by atoms with Crippen LogP contribution in [0.4, 0.5) is 0 Å². The van der Waals surface area contributed by atoms with Crippen LogP contribution in [0.5, 0.6) is 0 Å². The molecule has 1 aliphatic heterocycles. The van der Waals surface area contributed by atoms with Crippen molar-refractivity contribution in [2.45, 2.75) is 45.7 Å². The molecule has 1 fully saturated rings. The van der Waals surface area contributed by atoms with Gasteiger partial charge in [0.05, 0.1) is 0 Å². The summed E-state index contributed by atoms with van der Waals surface area (Å²) in [5.74, 6) is 0.112. The van der Waals surface area contributed by atoms with E-state index >= 15 is 0 Å². The number of hydrogen-bond donors (Lipinski definition) is 1. The Morgan fingerprint density at radius 1 is 1.43 bits per heavy atom. The maximum Gasteiger partial charge on any atom is 0.246 e. The fourth-order valence-corrected chi connectivity index (χ4v) is 2.57. The van der Waals surface area contributed by atoms with Crippen molar-refractivity contribution in [3.8, 4) is 0 Å². The molecule has 5 heteroatoms. The first-order chi connectivity index (χ1) is 10.0. The fourth-order valence-electron chi connectivity index (χ4n) is 2.57. The molecule has 0 spiro atoms. The molecular weight excluding hydrogens is 266 g/mol. The first kappa shape index (κ1) is 15.5. The van der Waals surface area contributed by atoms with Gasteiger partial charge in [-0.1, -0.05) is 26.3 Å². The third kappa shape index (κ3) is 3.40. The van der Waals surface area contributed by atoms with Gasteiger partial charge in [0.25, 0.3) is 0 Å². The molecule has 2 amide bonds. The highest BCUT2D eigenvalue weighted by molar-refractivity contribution is 5.96. The lowest BCUT2D eigenvalue weighted by atomic mass is 9.94. The zero-order valence-corrected chi connectivity index (χ0v) is 12.9. The Labute approximate surface area is 125 Å². The van der Waals surface area contributed by atoms with E-state index in [1.54, 1.807) is 24.2 Å². The summed E-state index contributed by atoms with van der Waals surface area (Å²) < 4.78 is 0. The molecule has 0 aliphatic carbocycles. The summed E-state index contributed by atoms with van der Waals surface area (Å²) in [4.78, 5) is 30.4. The zero-order chi connectivity index (χ0) is 15.4. The highest BCUT2D eigenvalue weighted by atomic mass is 16.2. The van der Waals surface area contributed by atoms with E-state index in [1.165, 1.54) is 0 Å².